The molecule has 0 bridgehead atoms. The minimum atomic E-state index is 0.708. The van der Waals surface area contributed by atoms with Crippen molar-refractivity contribution in [3.63, 3.8) is 0 Å². The highest BCUT2D eigenvalue weighted by molar-refractivity contribution is 9.10. The number of rotatable bonds is 7. The summed E-state index contributed by atoms with van der Waals surface area (Å²) in [6.45, 7) is 4.15. The Hall–Kier alpha value is -0.540. The summed E-state index contributed by atoms with van der Waals surface area (Å²) in [6.07, 6.45) is 6.19. The Morgan fingerprint density at radius 1 is 1.39 bits per heavy atom. The van der Waals surface area contributed by atoms with Crippen LogP contribution in [0.2, 0.25) is 0 Å². The van der Waals surface area contributed by atoms with Crippen LogP contribution in [0.1, 0.15) is 38.2 Å². The van der Waals surface area contributed by atoms with Crippen molar-refractivity contribution in [3.05, 3.63) is 28.2 Å². The van der Waals surface area contributed by atoms with Gasteiger partial charge in [0.15, 0.2) is 0 Å². The van der Waals surface area contributed by atoms with E-state index in [1.807, 2.05) is 0 Å². The molecule has 0 aliphatic heterocycles. The zero-order valence-corrected chi connectivity index (χ0v) is 12.7. The second-order valence-corrected chi connectivity index (χ2v) is 5.95. The van der Waals surface area contributed by atoms with Gasteiger partial charge in [-0.2, -0.15) is 0 Å². The molecule has 1 aliphatic carbocycles. The minimum absolute atomic E-state index is 0.708. The SMILES string of the molecule is CCCCN(c1ccc(CCN)c(Br)c1)C1CC1. The fourth-order valence-corrected chi connectivity index (χ4v) is 2.88. The summed E-state index contributed by atoms with van der Waals surface area (Å²) >= 11 is 3.67. The Morgan fingerprint density at radius 2 is 2.17 bits per heavy atom. The van der Waals surface area contributed by atoms with Gasteiger partial charge in [0.2, 0.25) is 0 Å². The number of nitrogens with two attached hydrogens (primary N) is 1. The summed E-state index contributed by atoms with van der Waals surface area (Å²) in [4.78, 5) is 2.57. The molecule has 0 aromatic heterocycles. The van der Waals surface area contributed by atoms with Crippen LogP contribution in [0.5, 0.6) is 0 Å². The van der Waals surface area contributed by atoms with Gasteiger partial charge in [0.1, 0.15) is 0 Å². The highest BCUT2D eigenvalue weighted by Crippen LogP contribution is 2.34. The third kappa shape index (κ3) is 3.48. The molecule has 0 heterocycles. The van der Waals surface area contributed by atoms with Crippen LogP contribution in [0.25, 0.3) is 0 Å². The van der Waals surface area contributed by atoms with Crippen molar-refractivity contribution in [1.82, 2.24) is 0 Å². The number of halogens is 1. The normalized spacial score (nSPS) is 14.8. The maximum absolute atomic E-state index is 5.62. The first-order valence-corrected chi connectivity index (χ1v) is 7.80. The highest BCUT2D eigenvalue weighted by Gasteiger charge is 2.28. The van der Waals surface area contributed by atoms with Crippen molar-refractivity contribution in [2.24, 2.45) is 5.73 Å². The van der Waals surface area contributed by atoms with Crippen LogP contribution in [0.3, 0.4) is 0 Å². The van der Waals surface area contributed by atoms with Gasteiger partial charge in [-0.1, -0.05) is 35.3 Å². The van der Waals surface area contributed by atoms with Gasteiger partial charge in [-0.05, 0) is 49.9 Å². The van der Waals surface area contributed by atoms with Crippen molar-refractivity contribution < 1.29 is 0 Å². The highest BCUT2D eigenvalue weighted by atomic mass is 79.9. The Labute approximate surface area is 119 Å². The monoisotopic (exact) mass is 310 g/mol. The molecule has 1 saturated carbocycles. The standard InChI is InChI=1S/C15H23BrN2/c1-2-3-10-18(13-6-7-13)14-5-4-12(8-9-17)15(16)11-14/h4-5,11,13H,2-3,6-10,17H2,1H3. The van der Waals surface area contributed by atoms with Gasteiger partial charge >= 0.3 is 0 Å². The largest absolute Gasteiger partial charge is 0.369 e. The fraction of sp³-hybridized carbons (Fsp3) is 0.600. The lowest BCUT2D eigenvalue weighted by Crippen LogP contribution is -2.26. The van der Waals surface area contributed by atoms with Crippen LogP contribution in [-0.4, -0.2) is 19.1 Å². The van der Waals surface area contributed by atoms with E-state index in [1.54, 1.807) is 0 Å². The van der Waals surface area contributed by atoms with E-state index >= 15 is 0 Å². The van der Waals surface area contributed by atoms with Gasteiger partial charge in [-0.3, -0.25) is 0 Å². The van der Waals surface area contributed by atoms with Crippen molar-refractivity contribution >= 4 is 21.6 Å². The van der Waals surface area contributed by atoms with Gasteiger partial charge in [-0.15, -0.1) is 0 Å². The maximum Gasteiger partial charge on any atom is 0.0380 e. The molecule has 1 aliphatic rings. The Kier molecular flexibility index (Phi) is 5.07. The second kappa shape index (κ2) is 6.58. The van der Waals surface area contributed by atoms with E-state index in [-0.39, 0.29) is 0 Å². The number of hydrogen-bond acceptors (Lipinski definition) is 2. The number of unbranched alkanes of at least 4 members (excludes halogenated alkanes) is 1. The predicted molar refractivity (Wildman–Crippen MR) is 82.2 cm³/mol. The molecule has 2 N–H and O–H groups in total. The first-order valence-electron chi connectivity index (χ1n) is 7.01. The van der Waals surface area contributed by atoms with Crippen LogP contribution >= 0.6 is 15.9 Å². The van der Waals surface area contributed by atoms with Gasteiger partial charge < -0.3 is 10.6 Å². The van der Waals surface area contributed by atoms with Gasteiger partial charge in [-0.25, -0.2) is 0 Å². The average Bonchev–Trinajstić information content (AvgIpc) is 3.17. The molecule has 0 radical (unpaired) electrons. The van der Waals surface area contributed by atoms with Crippen molar-refractivity contribution in [1.29, 1.82) is 0 Å². The molecule has 0 amide bonds. The van der Waals surface area contributed by atoms with Crippen molar-refractivity contribution in [3.8, 4) is 0 Å². The molecule has 1 aromatic carbocycles. The third-order valence-corrected chi connectivity index (χ3v) is 4.26. The second-order valence-electron chi connectivity index (χ2n) is 5.09. The molecule has 0 saturated heterocycles. The van der Waals surface area contributed by atoms with Gasteiger partial charge in [0, 0.05) is 22.7 Å². The summed E-state index contributed by atoms with van der Waals surface area (Å²) in [7, 11) is 0. The molecule has 1 fully saturated rings. The van der Waals surface area contributed by atoms with Crippen LogP contribution in [0.4, 0.5) is 5.69 Å². The van der Waals surface area contributed by atoms with Crippen molar-refractivity contribution in [2.75, 3.05) is 18.0 Å². The van der Waals surface area contributed by atoms with E-state index in [4.69, 9.17) is 5.73 Å². The minimum Gasteiger partial charge on any atom is -0.369 e. The molecule has 18 heavy (non-hydrogen) atoms. The lowest BCUT2D eigenvalue weighted by atomic mass is 10.1. The quantitative estimate of drug-likeness (QED) is 0.831. The van der Waals surface area contributed by atoms with Crippen LogP contribution in [0.15, 0.2) is 22.7 Å². The van der Waals surface area contributed by atoms with Gasteiger partial charge in [0.05, 0.1) is 0 Å². The van der Waals surface area contributed by atoms with E-state index in [0.29, 0.717) is 6.54 Å². The summed E-state index contributed by atoms with van der Waals surface area (Å²) in [5.74, 6) is 0. The lowest BCUT2D eigenvalue weighted by Gasteiger charge is -2.25. The summed E-state index contributed by atoms with van der Waals surface area (Å²) in [5.41, 5.74) is 8.29. The van der Waals surface area contributed by atoms with Crippen LogP contribution in [0, 0.1) is 0 Å². The molecule has 0 spiro atoms. The first-order chi connectivity index (χ1) is 8.76. The zero-order chi connectivity index (χ0) is 13.0. The Bertz CT molecular complexity index is 388. The van der Waals surface area contributed by atoms with E-state index in [9.17, 15) is 0 Å². The van der Waals surface area contributed by atoms with E-state index in [0.717, 1.165) is 12.5 Å². The summed E-state index contributed by atoms with van der Waals surface area (Å²) < 4.78 is 1.20. The number of benzene rings is 1. The molecular weight excluding hydrogens is 288 g/mol. The molecule has 0 unspecified atom stereocenters. The third-order valence-electron chi connectivity index (χ3n) is 3.52. The number of nitrogens with zero attached hydrogens (tertiary/aromatic N) is 1. The topological polar surface area (TPSA) is 29.3 Å². The predicted octanol–water partition coefficient (Wildman–Crippen LogP) is 3.72. The Morgan fingerprint density at radius 3 is 2.72 bits per heavy atom. The van der Waals surface area contributed by atoms with Crippen LogP contribution < -0.4 is 10.6 Å². The van der Waals surface area contributed by atoms with E-state index < -0.39 is 0 Å². The number of anilines is 1. The molecule has 100 valence electrons. The van der Waals surface area contributed by atoms with E-state index in [2.05, 4.69) is 46.0 Å². The fourth-order valence-electron chi connectivity index (χ4n) is 2.31. The maximum atomic E-state index is 5.62. The summed E-state index contributed by atoms with van der Waals surface area (Å²) in [6, 6.07) is 7.51. The number of hydrogen-bond donors (Lipinski definition) is 1. The van der Waals surface area contributed by atoms with E-state index in [1.165, 1.54) is 48.0 Å². The summed E-state index contributed by atoms with van der Waals surface area (Å²) in [5, 5.41) is 0. The van der Waals surface area contributed by atoms with Gasteiger partial charge in [0.25, 0.3) is 0 Å². The first kappa shape index (κ1) is 13.9. The Balaban J connectivity index is 2.12. The molecule has 3 heteroatoms. The van der Waals surface area contributed by atoms with Crippen LogP contribution in [-0.2, 0) is 6.42 Å². The molecule has 2 nitrogen and oxygen atoms in total. The smallest absolute Gasteiger partial charge is 0.0380 e. The molecule has 0 atom stereocenters. The average molecular weight is 311 g/mol. The zero-order valence-electron chi connectivity index (χ0n) is 11.2. The molecule has 1 aromatic rings. The molecule has 2 rings (SSSR count). The molecular formula is C15H23BrN2. The van der Waals surface area contributed by atoms with Crippen molar-refractivity contribution in [2.45, 2.75) is 45.1 Å². The lowest BCUT2D eigenvalue weighted by molar-refractivity contribution is 0.712.